The van der Waals surface area contributed by atoms with Crippen LogP contribution >= 0.6 is 0 Å². The normalized spacial score (nSPS) is 13.3. The van der Waals surface area contributed by atoms with Crippen molar-refractivity contribution >= 4 is 13.8 Å². The Balaban J connectivity index is 3.34. The summed E-state index contributed by atoms with van der Waals surface area (Å²) < 4.78 is 0. The van der Waals surface area contributed by atoms with Gasteiger partial charge in [0, 0.05) is 0 Å². The van der Waals surface area contributed by atoms with Crippen molar-refractivity contribution in [2.75, 3.05) is 0 Å². The molecule has 0 rings (SSSR count). The molecular formula is C3H6BNO2. The van der Waals surface area contributed by atoms with Gasteiger partial charge in [0.25, 0.3) is 0 Å². The Hall–Kier alpha value is -0.505. The van der Waals surface area contributed by atoms with Crippen LogP contribution in [0.4, 0.5) is 0 Å². The van der Waals surface area contributed by atoms with Gasteiger partial charge in [-0.05, 0) is 0 Å². The van der Waals surface area contributed by atoms with Crippen molar-refractivity contribution < 1.29 is 9.90 Å². The van der Waals surface area contributed by atoms with Crippen molar-refractivity contribution in [3.05, 3.63) is 0 Å². The first-order chi connectivity index (χ1) is 3.18. The first kappa shape index (κ1) is 6.49. The second-order valence-electron chi connectivity index (χ2n) is 1.18. The summed E-state index contributed by atoms with van der Waals surface area (Å²) in [5.41, 5.74) is 4.89. The zero-order valence-electron chi connectivity index (χ0n) is 3.79. The highest BCUT2D eigenvalue weighted by molar-refractivity contribution is 6.10. The van der Waals surface area contributed by atoms with Gasteiger partial charge in [-0.1, -0.05) is 6.32 Å². The zero-order chi connectivity index (χ0) is 5.86. The molecule has 3 N–H and O–H groups in total. The molecule has 0 spiro atoms. The summed E-state index contributed by atoms with van der Waals surface area (Å²) in [5, 5.41) is 7.98. The third-order valence-electron chi connectivity index (χ3n) is 0.571. The number of hydrogen-bond acceptors (Lipinski definition) is 2. The molecule has 0 aliphatic heterocycles. The molecule has 0 fully saturated rings. The van der Waals surface area contributed by atoms with Crippen LogP contribution in [0.25, 0.3) is 0 Å². The molecule has 38 valence electrons. The van der Waals surface area contributed by atoms with Crippen LogP contribution in [0.15, 0.2) is 0 Å². The van der Waals surface area contributed by atoms with Crippen molar-refractivity contribution in [3.8, 4) is 0 Å². The standard InChI is InChI=1S/C3H6BNO2/c4-1-2(5)3(6)7/h2H,1,5H2,(H,6,7). The van der Waals surface area contributed by atoms with Gasteiger partial charge < -0.3 is 10.8 Å². The SMILES string of the molecule is [B]CC(N)C(=O)O. The minimum atomic E-state index is -1.05. The number of carbonyl (C=O) groups is 1. The lowest BCUT2D eigenvalue weighted by Crippen LogP contribution is -2.29. The molecule has 0 bridgehead atoms. The number of carboxylic acid groups (broad SMARTS) is 1. The van der Waals surface area contributed by atoms with Crippen molar-refractivity contribution in [2.24, 2.45) is 5.73 Å². The Kier molecular flexibility index (Phi) is 2.44. The monoisotopic (exact) mass is 99.0 g/mol. The number of hydrogen-bond donors (Lipinski definition) is 2. The highest BCUT2D eigenvalue weighted by Gasteiger charge is 2.05. The van der Waals surface area contributed by atoms with Gasteiger partial charge in [0.1, 0.15) is 0 Å². The predicted molar refractivity (Wildman–Crippen MR) is 26.2 cm³/mol. The molecule has 0 aliphatic carbocycles. The van der Waals surface area contributed by atoms with Crippen LogP contribution < -0.4 is 5.73 Å². The second-order valence-corrected chi connectivity index (χ2v) is 1.18. The number of nitrogens with two attached hydrogens (primary N) is 1. The number of aliphatic carboxylic acids is 1. The van der Waals surface area contributed by atoms with E-state index in [0.717, 1.165) is 0 Å². The third-order valence-corrected chi connectivity index (χ3v) is 0.571. The van der Waals surface area contributed by atoms with Crippen molar-refractivity contribution in [1.82, 2.24) is 0 Å². The molecule has 0 saturated heterocycles. The molecule has 0 saturated carbocycles. The van der Waals surface area contributed by atoms with E-state index in [2.05, 4.69) is 0 Å². The Labute approximate surface area is 42.9 Å². The molecule has 0 aromatic rings. The maximum atomic E-state index is 9.73. The van der Waals surface area contributed by atoms with Crippen molar-refractivity contribution in [2.45, 2.75) is 12.4 Å². The first-order valence-electron chi connectivity index (χ1n) is 1.87. The van der Waals surface area contributed by atoms with Crippen LogP contribution in [0.2, 0.25) is 6.32 Å². The molecule has 2 radical (unpaired) electrons. The lowest BCUT2D eigenvalue weighted by molar-refractivity contribution is -0.138. The average Bonchev–Trinajstić information content (AvgIpc) is 1.65. The van der Waals surface area contributed by atoms with Gasteiger partial charge in [-0.25, -0.2) is 0 Å². The van der Waals surface area contributed by atoms with Gasteiger partial charge in [-0.2, -0.15) is 0 Å². The van der Waals surface area contributed by atoms with E-state index >= 15 is 0 Å². The summed E-state index contributed by atoms with van der Waals surface area (Å²) in [6.45, 7) is 0. The maximum absolute atomic E-state index is 9.73. The van der Waals surface area contributed by atoms with E-state index < -0.39 is 12.0 Å². The van der Waals surface area contributed by atoms with Gasteiger partial charge in [0.15, 0.2) is 0 Å². The van der Waals surface area contributed by atoms with E-state index in [9.17, 15) is 4.79 Å². The summed E-state index contributed by atoms with van der Waals surface area (Å²) in [6.07, 6.45) is -0.00463. The number of carboxylic acids is 1. The summed E-state index contributed by atoms with van der Waals surface area (Å²) in [5.74, 6) is -1.05. The minimum absolute atomic E-state index is 0.00463. The van der Waals surface area contributed by atoms with Crippen LogP contribution in [0.1, 0.15) is 0 Å². The van der Waals surface area contributed by atoms with Crippen LogP contribution in [0.3, 0.4) is 0 Å². The molecule has 0 aliphatic rings. The van der Waals surface area contributed by atoms with Crippen LogP contribution in [0, 0.1) is 0 Å². The molecule has 7 heavy (non-hydrogen) atoms. The van der Waals surface area contributed by atoms with Crippen LogP contribution in [0.5, 0.6) is 0 Å². The highest BCUT2D eigenvalue weighted by Crippen LogP contribution is 1.80. The largest absolute Gasteiger partial charge is 0.480 e. The van der Waals surface area contributed by atoms with Gasteiger partial charge in [0.2, 0.25) is 0 Å². The van der Waals surface area contributed by atoms with Gasteiger partial charge in [-0.3, -0.25) is 4.79 Å². The van der Waals surface area contributed by atoms with E-state index in [1.54, 1.807) is 0 Å². The topological polar surface area (TPSA) is 63.3 Å². The predicted octanol–water partition coefficient (Wildman–Crippen LogP) is -1.01. The van der Waals surface area contributed by atoms with E-state index in [-0.39, 0.29) is 6.32 Å². The smallest absolute Gasteiger partial charge is 0.319 e. The van der Waals surface area contributed by atoms with E-state index in [1.165, 1.54) is 0 Å². The number of rotatable bonds is 2. The molecule has 1 atom stereocenters. The third kappa shape index (κ3) is 2.22. The second kappa shape index (κ2) is 2.63. The lowest BCUT2D eigenvalue weighted by atomic mass is 9.98. The summed E-state index contributed by atoms with van der Waals surface area (Å²) in [4.78, 5) is 9.73. The molecule has 4 heteroatoms. The lowest BCUT2D eigenvalue weighted by Gasteiger charge is -1.97. The molecular weight excluding hydrogens is 92.8 g/mol. The minimum Gasteiger partial charge on any atom is -0.480 e. The molecule has 0 heterocycles. The Morgan fingerprint density at radius 2 is 2.43 bits per heavy atom. The highest BCUT2D eigenvalue weighted by atomic mass is 16.4. The summed E-state index contributed by atoms with van der Waals surface area (Å²) in [6, 6.07) is -0.903. The van der Waals surface area contributed by atoms with E-state index in [1.807, 2.05) is 0 Å². The summed E-state index contributed by atoms with van der Waals surface area (Å²) in [7, 11) is 4.87. The molecule has 0 aromatic carbocycles. The van der Waals surface area contributed by atoms with Crippen molar-refractivity contribution in [1.29, 1.82) is 0 Å². The zero-order valence-corrected chi connectivity index (χ0v) is 3.79. The molecule has 0 aromatic heterocycles. The first-order valence-corrected chi connectivity index (χ1v) is 1.87. The van der Waals surface area contributed by atoms with Gasteiger partial charge in [0.05, 0.1) is 13.9 Å². The molecule has 0 amide bonds. The maximum Gasteiger partial charge on any atom is 0.319 e. The molecule has 3 nitrogen and oxygen atoms in total. The molecule has 1 unspecified atom stereocenters. The Morgan fingerprint density at radius 3 is 2.43 bits per heavy atom. The Morgan fingerprint density at radius 1 is 2.00 bits per heavy atom. The van der Waals surface area contributed by atoms with Gasteiger partial charge in [-0.15, -0.1) is 0 Å². The van der Waals surface area contributed by atoms with E-state index in [0.29, 0.717) is 0 Å². The summed E-state index contributed by atoms with van der Waals surface area (Å²) >= 11 is 0. The van der Waals surface area contributed by atoms with Crippen LogP contribution in [-0.2, 0) is 4.79 Å². The fourth-order valence-corrected chi connectivity index (χ4v) is 0.101. The van der Waals surface area contributed by atoms with Gasteiger partial charge >= 0.3 is 5.97 Å². The Bertz CT molecular complexity index is 75.3. The van der Waals surface area contributed by atoms with E-state index in [4.69, 9.17) is 18.7 Å². The van der Waals surface area contributed by atoms with Crippen LogP contribution in [-0.4, -0.2) is 25.0 Å². The fourth-order valence-electron chi connectivity index (χ4n) is 0.101. The quantitative estimate of drug-likeness (QED) is 0.435. The fraction of sp³-hybridized carbons (Fsp3) is 0.667. The van der Waals surface area contributed by atoms with Crippen molar-refractivity contribution in [3.63, 3.8) is 0 Å². The average molecular weight is 98.9 g/mol.